The Kier molecular flexibility index (Phi) is 6.82. The Bertz CT molecular complexity index is 1630. The summed E-state index contributed by atoms with van der Waals surface area (Å²) in [6.07, 6.45) is 1.02. The van der Waals surface area contributed by atoms with E-state index in [-0.39, 0.29) is 13.2 Å². The predicted molar refractivity (Wildman–Crippen MR) is 148 cm³/mol. The van der Waals surface area contributed by atoms with Crippen LogP contribution in [0.2, 0.25) is 0 Å². The number of carboxylic acid groups (broad SMARTS) is 1. The van der Waals surface area contributed by atoms with Crippen molar-refractivity contribution in [2.24, 2.45) is 0 Å². The fraction of sp³-hybridized carbons (Fsp3) is 0.344. The molecule has 0 aliphatic carbocycles. The Hall–Kier alpha value is -3.82. The Morgan fingerprint density at radius 3 is 2.41 bits per heavy atom. The van der Waals surface area contributed by atoms with Crippen molar-refractivity contribution in [2.45, 2.75) is 44.3 Å². The molecule has 3 heterocycles. The largest absolute Gasteiger partial charge is 0.488 e. The minimum atomic E-state index is -1.00. The van der Waals surface area contributed by atoms with E-state index >= 15 is 4.39 Å². The molecule has 0 radical (unpaired) electrons. The van der Waals surface area contributed by atoms with Gasteiger partial charge in [0.25, 0.3) is 0 Å². The molecule has 41 heavy (non-hydrogen) atoms. The summed E-state index contributed by atoms with van der Waals surface area (Å²) in [7, 11) is 0. The number of benzene rings is 3. The van der Waals surface area contributed by atoms with E-state index in [1.807, 2.05) is 49.1 Å². The number of likely N-dealkylation sites (tertiary alicyclic amines) is 1. The highest BCUT2D eigenvalue weighted by atomic mass is 19.2. The highest BCUT2D eigenvalue weighted by Gasteiger charge is 2.50. The summed E-state index contributed by atoms with van der Waals surface area (Å²) < 4.78 is 58.7. The van der Waals surface area contributed by atoms with Gasteiger partial charge in [-0.25, -0.2) is 13.2 Å². The van der Waals surface area contributed by atoms with Crippen LogP contribution >= 0.6 is 0 Å². The second-order valence-corrected chi connectivity index (χ2v) is 11.6. The molecule has 0 saturated carbocycles. The van der Waals surface area contributed by atoms with Gasteiger partial charge in [-0.05, 0) is 36.6 Å². The van der Waals surface area contributed by atoms with Crippen molar-refractivity contribution in [1.82, 2.24) is 9.47 Å². The van der Waals surface area contributed by atoms with Crippen LogP contribution in [-0.4, -0.2) is 46.8 Å². The van der Waals surface area contributed by atoms with Crippen molar-refractivity contribution < 1.29 is 32.5 Å². The maximum atomic E-state index is 15.3. The molecule has 9 heteroatoms. The van der Waals surface area contributed by atoms with E-state index in [0.717, 1.165) is 29.0 Å². The molecular formula is C32H31F3N2O4. The van der Waals surface area contributed by atoms with Crippen LogP contribution in [0, 0.1) is 17.5 Å². The lowest BCUT2D eigenvalue weighted by Crippen LogP contribution is -2.50. The summed E-state index contributed by atoms with van der Waals surface area (Å²) in [5, 5.41) is 9.99. The van der Waals surface area contributed by atoms with E-state index in [1.165, 1.54) is 18.2 Å². The molecule has 2 aliphatic rings. The lowest BCUT2D eigenvalue weighted by molar-refractivity contribution is -0.142. The van der Waals surface area contributed by atoms with E-state index < -0.39 is 34.4 Å². The summed E-state index contributed by atoms with van der Waals surface area (Å²) in [6.45, 7) is 5.47. The Balaban J connectivity index is 1.60. The first-order chi connectivity index (χ1) is 19.6. The average Bonchev–Trinajstić information content (AvgIpc) is 3.30. The van der Waals surface area contributed by atoms with Crippen LogP contribution in [0.5, 0.6) is 5.75 Å². The van der Waals surface area contributed by atoms with Crippen molar-refractivity contribution in [3.05, 3.63) is 94.9 Å². The van der Waals surface area contributed by atoms with Crippen LogP contribution in [0.3, 0.4) is 0 Å². The third kappa shape index (κ3) is 4.87. The third-order valence-electron chi connectivity index (χ3n) is 8.22. The molecule has 2 aliphatic heterocycles. The van der Waals surface area contributed by atoms with Crippen LogP contribution < -0.4 is 4.74 Å². The van der Waals surface area contributed by atoms with Crippen molar-refractivity contribution >= 4 is 16.9 Å². The van der Waals surface area contributed by atoms with Gasteiger partial charge in [0.1, 0.15) is 18.2 Å². The first-order valence-corrected chi connectivity index (χ1v) is 13.7. The van der Waals surface area contributed by atoms with E-state index in [9.17, 15) is 18.7 Å². The lowest BCUT2D eigenvalue weighted by atomic mass is 9.74. The molecule has 0 amide bonds. The van der Waals surface area contributed by atoms with Crippen LogP contribution in [0.25, 0.3) is 16.6 Å². The number of hydrogen-bond acceptors (Lipinski definition) is 4. The number of fused-ring (bicyclic) bond motifs is 4. The number of carbonyl (C=O) groups is 1. The Morgan fingerprint density at radius 2 is 1.73 bits per heavy atom. The number of hydrogen-bond donors (Lipinski definition) is 1. The highest BCUT2D eigenvalue weighted by molar-refractivity contribution is 5.94. The van der Waals surface area contributed by atoms with E-state index in [4.69, 9.17) is 9.47 Å². The minimum Gasteiger partial charge on any atom is -0.488 e. The maximum absolute atomic E-state index is 15.3. The molecule has 0 atom stereocenters. The molecular weight excluding hydrogens is 533 g/mol. The standard InChI is InChI=1S/C32H31F3N2O4/c1-31(2)19-41-32(10-12-36(13-11-32)17-27(38)39)29-28-25(37(30(29)31)22-8-9-23(34)24(35)16-22)14-21(33)15-26(28)40-18-20-6-4-3-5-7-20/h3-9,14-16H,10-13,17-19H2,1-2H3,(H,38,39). The average molecular weight is 565 g/mol. The predicted octanol–water partition coefficient (Wildman–Crippen LogP) is 6.31. The minimum absolute atomic E-state index is 0.0678. The summed E-state index contributed by atoms with van der Waals surface area (Å²) in [4.78, 5) is 13.3. The normalized spacial score (nSPS) is 18.0. The summed E-state index contributed by atoms with van der Waals surface area (Å²) in [6, 6.07) is 16.0. The summed E-state index contributed by atoms with van der Waals surface area (Å²) in [5.74, 6) is -3.06. The molecule has 1 spiro atoms. The molecule has 1 fully saturated rings. The van der Waals surface area contributed by atoms with E-state index in [0.29, 0.717) is 54.9 Å². The molecule has 214 valence electrons. The SMILES string of the molecule is CC1(C)COC2(CCN(CC(=O)O)CC2)c2c1n(-c1ccc(F)c(F)c1)c1cc(F)cc(OCc3ccccc3)c21. The fourth-order valence-electron chi connectivity index (χ4n) is 6.29. The van der Waals surface area contributed by atoms with Gasteiger partial charge in [-0.15, -0.1) is 0 Å². The van der Waals surface area contributed by atoms with Gasteiger partial charge in [0.05, 0.1) is 24.3 Å². The number of piperidine rings is 1. The number of aliphatic carboxylic acids is 1. The number of ether oxygens (including phenoxy) is 2. The first-order valence-electron chi connectivity index (χ1n) is 13.7. The molecule has 0 unspecified atom stereocenters. The maximum Gasteiger partial charge on any atom is 0.317 e. The number of nitrogens with zero attached hydrogens (tertiary/aromatic N) is 2. The first kappa shape index (κ1) is 27.4. The second kappa shape index (κ2) is 10.2. The lowest BCUT2D eigenvalue weighted by Gasteiger charge is -2.48. The van der Waals surface area contributed by atoms with Gasteiger partial charge in [-0.1, -0.05) is 44.2 Å². The number of carboxylic acids is 1. The summed E-state index contributed by atoms with van der Waals surface area (Å²) >= 11 is 0. The summed E-state index contributed by atoms with van der Waals surface area (Å²) in [5.41, 5.74) is 1.99. The number of aromatic nitrogens is 1. The quantitative estimate of drug-likeness (QED) is 0.297. The van der Waals surface area contributed by atoms with Gasteiger partial charge in [-0.3, -0.25) is 9.69 Å². The zero-order valence-corrected chi connectivity index (χ0v) is 22.9. The van der Waals surface area contributed by atoms with Crippen molar-refractivity contribution in [2.75, 3.05) is 26.2 Å². The van der Waals surface area contributed by atoms with Gasteiger partial charge >= 0.3 is 5.97 Å². The molecule has 1 saturated heterocycles. The Labute approximate surface area is 235 Å². The van der Waals surface area contributed by atoms with Crippen LogP contribution in [0.1, 0.15) is 43.5 Å². The van der Waals surface area contributed by atoms with Crippen LogP contribution in [0.15, 0.2) is 60.7 Å². The molecule has 6 rings (SSSR count). The molecule has 1 aromatic heterocycles. The molecule has 3 aromatic carbocycles. The third-order valence-corrected chi connectivity index (χ3v) is 8.22. The zero-order valence-electron chi connectivity index (χ0n) is 22.9. The molecule has 1 N–H and O–H groups in total. The van der Waals surface area contributed by atoms with E-state index in [1.54, 1.807) is 4.57 Å². The second-order valence-electron chi connectivity index (χ2n) is 11.6. The van der Waals surface area contributed by atoms with Crippen molar-refractivity contribution in [1.29, 1.82) is 0 Å². The Morgan fingerprint density at radius 1 is 1.00 bits per heavy atom. The van der Waals surface area contributed by atoms with E-state index in [2.05, 4.69) is 0 Å². The van der Waals surface area contributed by atoms with Crippen molar-refractivity contribution in [3.63, 3.8) is 0 Å². The highest BCUT2D eigenvalue weighted by Crippen LogP contribution is 2.53. The molecule has 6 nitrogen and oxygen atoms in total. The fourth-order valence-corrected chi connectivity index (χ4v) is 6.29. The van der Waals surface area contributed by atoms with Gasteiger partial charge in [0.15, 0.2) is 11.6 Å². The van der Waals surface area contributed by atoms with Crippen LogP contribution in [0.4, 0.5) is 13.2 Å². The molecule has 4 aromatic rings. The van der Waals surface area contributed by atoms with Gasteiger partial charge in [0.2, 0.25) is 0 Å². The van der Waals surface area contributed by atoms with Gasteiger partial charge in [-0.2, -0.15) is 0 Å². The topological polar surface area (TPSA) is 63.9 Å². The van der Waals surface area contributed by atoms with Gasteiger partial charge in [0, 0.05) is 53.0 Å². The van der Waals surface area contributed by atoms with Crippen molar-refractivity contribution in [3.8, 4) is 11.4 Å². The number of halogens is 3. The molecule has 0 bridgehead atoms. The number of rotatable bonds is 6. The van der Waals surface area contributed by atoms with Crippen LogP contribution in [-0.2, 0) is 27.2 Å². The van der Waals surface area contributed by atoms with Gasteiger partial charge < -0.3 is 19.1 Å². The smallest absolute Gasteiger partial charge is 0.317 e. The monoisotopic (exact) mass is 564 g/mol. The zero-order chi connectivity index (χ0) is 28.9.